The second kappa shape index (κ2) is 8.66. The van der Waals surface area contributed by atoms with Crippen LogP contribution in [0.5, 0.6) is 0 Å². The highest BCUT2D eigenvalue weighted by molar-refractivity contribution is 6.10. The number of carbonyl (C=O) groups is 1. The Morgan fingerprint density at radius 2 is 1.81 bits per heavy atom. The van der Waals surface area contributed by atoms with Crippen LogP contribution in [0.15, 0.2) is 53.6 Å². The molecule has 0 saturated carbocycles. The largest absolute Gasteiger partial charge is 0.383 e. The number of amides is 1. The predicted molar refractivity (Wildman–Crippen MR) is 130 cm³/mol. The van der Waals surface area contributed by atoms with E-state index in [9.17, 15) is 4.79 Å². The van der Waals surface area contributed by atoms with E-state index in [1.54, 1.807) is 6.21 Å². The number of rotatable bonds is 6. The number of anilines is 2. The Hall–Kier alpha value is -3.94. The van der Waals surface area contributed by atoms with Gasteiger partial charge in [-0.3, -0.25) is 4.79 Å². The minimum atomic E-state index is -0.282. The molecule has 1 amide bonds. The summed E-state index contributed by atoms with van der Waals surface area (Å²) in [6, 6.07) is 15.5. The smallest absolute Gasteiger partial charge is 0.257 e. The molecule has 0 bridgehead atoms. The average molecular weight is 430 g/mol. The lowest BCUT2D eigenvalue weighted by atomic mass is 10.2. The van der Waals surface area contributed by atoms with Crippen LogP contribution >= 0.6 is 0 Å². The second-order valence-electron chi connectivity index (χ2n) is 7.97. The minimum absolute atomic E-state index is 0.00688. The summed E-state index contributed by atoms with van der Waals surface area (Å²) >= 11 is 0. The minimum Gasteiger partial charge on any atom is -0.383 e. The van der Waals surface area contributed by atoms with Crippen molar-refractivity contribution in [1.29, 1.82) is 0 Å². The molecular weight excluding hydrogens is 402 g/mol. The van der Waals surface area contributed by atoms with Gasteiger partial charge in [-0.1, -0.05) is 31.2 Å². The molecule has 164 valence electrons. The Bertz CT molecular complexity index is 1310. The van der Waals surface area contributed by atoms with Crippen molar-refractivity contribution in [3.8, 4) is 0 Å². The van der Waals surface area contributed by atoms with Crippen LogP contribution in [0.3, 0.4) is 0 Å². The van der Waals surface area contributed by atoms with Crippen LogP contribution in [0.25, 0.3) is 22.2 Å². The summed E-state index contributed by atoms with van der Waals surface area (Å²) in [5, 5.41) is 7.53. The number of hydrogen-bond acceptors (Lipinski definition) is 6. The summed E-state index contributed by atoms with van der Waals surface area (Å²) in [7, 11) is 3.98. The Kier molecular flexibility index (Phi) is 5.77. The van der Waals surface area contributed by atoms with Crippen LogP contribution < -0.4 is 16.0 Å². The normalized spacial score (nSPS) is 12.5. The van der Waals surface area contributed by atoms with Crippen molar-refractivity contribution in [1.82, 2.24) is 20.0 Å². The topological polar surface area (TPSA) is 101 Å². The first kappa shape index (κ1) is 21.3. The molecule has 0 unspecified atom stereocenters. The van der Waals surface area contributed by atoms with Crippen molar-refractivity contribution < 1.29 is 4.79 Å². The van der Waals surface area contributed by atoms with E-state index in [0.717, 1.165) is 17.7 Å². The zero-order chi connectivity index (χ0) is 22.8. The molecule has 4 rings (SSSR count). The summed E-state index contributed by atoms with van der Waals surface area (Å²) in [5.41, 5.74) is 11.0. The first-order valence-electron chi connectivity index (χ1n) is 10.6. The highest BCUT2D eigenvalue weighted by atomic mass is 16.1. The predicted octanol–water partition coefficient (Wildman–Crippen LogP) is 3.64. The van der Waals surface area contributed by atoms with E-state index in [1.165, 1.54) is 4.68 Å². The van der Waals surface area contributed by atoms with E-state index < -0.39 is 0 Å². The van der Waals surface area contributed by atoms with Crippen LogP contribution in [0.4, 0.5) is 11.5 Å². The van der Waals surface area contributed by atoms with Gasteiger partial charge in [-0.2, -0.15) is 9.78 Å². The molecule has 3 N–H and O–H groups in total. The quantitative estimate of drug-likeness (QED) is 0.456. The van der Waals surface area contributed by atoms with Gasteiger partial charge in [0.15, 0.2) is 5.65 Å². The molecule has 0 radical (unpaired) electrons. The van der Waals surface area contributed by atoms with E-state index in [4.69, 9.17) is 15.7 Å². The number of nitrogens with two attached hydrogens (primary N) is 1. The van der Waals surface area contributed by atoms with Gasteiger partial charge in [-0.05, 0) is 43.2 Å². The van der Waals surface area contributed by atoms with E-state index in [2.05, 4.69) is 10.4 Å². The maximum absolute atomic E-state index is 13.0. The van der Waals surface area contributed by atoms with Crippen LogP contribution in [0.2, 0.25) is 0 Å². The van der Waals surface area contributed by atoms with Gasteiger partial charge in [0.25, 0.3) is 5.91 Å². The molecular formula is C24H27N7O. The van der Waals surface area contributed by atoms with Gasteiger partial charge in [-0.15, -0.1) is 0 Å². The zero-order valence-electron chi connectivity index (χ0n) is 18.7. The standard InChI is InChI=1S/C24H27N7O/c1-5-15(2)27-24(32)20-21-23(29-19-9-7-6-8-18(19)28-21)31(22(20)25)26-14-16-10-12-17(13-11-16)30(3)4/h6-15H,5,25H2,1-4H3,(H,27,32)/b26-14-/t15-/m0/s1. The van der Waals surface area contributed by atoms with Crippen LogP contribution in [0.1, 0.15) is 36.2 Å². The molecule has 4 aromatic rings. The third kappa shape index (κ3) is 3.99. The van der Waals surface area contributed by atoms with Crippen LogP contribution in [-0.4, -0.2) is 46.9 Å². The Balaban J connectivity index is 1.84. The number of fused-ring (bicyclic) bond motifs is 2. The fourth-order valence-corrected chi connectivity index (χ4v) is 3.37. The molecule has 0 aliphatic carbocycles. The molecule has 2 aromatic carbocycles. The van der Waals surface area contributed by atoms with Crippen LogP contribution in [-0.2, 0) is 0 Å². The zero-order valence-corrected chi connectivity index (χ0v) is 18.7. The summed E-state index contributed by atoms with van der Waals surface area (Å²) in [5.74, 6) is -0.0759. The Morgan fingerprint density at radius 1 is 1.16 bits per heavy atom. The van der Waals surface area contributed by atoms with Crippen LogP contribution in [0, 0.1) is 0 Å². The first-order valence-corrected chi connectivity index (χ1v) is 10.6. The SMILES string of the molecule is CC[C@H](C)NC(=O)c1c(N)n(/N=C\c2ccc(N(C)C)cc2)c2nc3ccccc3nc12. The number of nitrogen functional groups attached to an aromatic ring is 1. The highest BCUT2D eigenvalue weighted by Crippen LogP contribution is 2.28. The first-order chi connectivity index (χ1) is 15.4. The molecule has 2 aromatic heterocycles. The number of benzene rings is 2. The number of para-hydroxylation sites is 2. The molecule has 0 spiro atoms. The van der Waals surface area contributed by atoms with Gasteiger partial charge in [0.2, 0.25) is 0 Å². The van der Waals surface area contributed by atoms with Crippen molar-refractivity contribution in [3.63, 3.8) is 0 Å². The number of aromatic nitrogens is 3. The maximum Gasteiger partial charge on any atom is 0.257 e. The molecule has 32 heavy (non-hydrogen) atoms. The van der Waals surface area contributed by atoms with Gasteiger partial charge in [0, 0.05) is 25.8 Å². The molecule has 8 nitrogen and oxygen atoms in total. The van der Waals surface area contributed by atoms with Crippen molar-refractivity contribution >= 4 is 45.8 Å². The molecule has 0 aliphatic rings. The monoisotopic (exact) mass is 429 g/mol. The van der Waals surface area contributed by atoms with Crippen molar-refractivity contribution in [2.75, 3.05) is 24.7 Å². The van der Waals surface area contributed by atoms with Crippen molar-refractivity contribution in [3.05, 3.63) is 59.7 Å². The number of nitrogens with one attached hydrogen (secondary N) is 1. The third-order valence-corrected chi connectivity index (χ3v) is 5.42. The van der Waals surface area contributed by atoms with E-state index in [1.807, 2.05) is 81.4 Å². The fourth-order valence-electron chi connectivity index (χ4n) is 3.37. The second-order valence-corrected chi connectivity index (χ2v) is 7.97. The molecule has 0 aliphatic heterocycles. The highest BCUT2D eigenvalue weighted by Gasteiger charge is 2.24. The Labute approximate surface area is 186 Å². The maximum atomic E-state index is 13.0. The molecule has 1 atom stereocenters. The van der Waals surface area contributed by atoms with Gasteiger partial charge in [-0.25, -0.2) is 9.97 Å². The van der Waals surface area contributed by atoms with Gasteiger partial charge >= 0.3 is 0 Å². The van der Waals surface area contributed by atoms with Gasteiger partial charge in [0.05, 0.1) is 17.2 Å². The lowest BCUT2D eigenvalue weighted by Gasteiger charge is -2.11. The van der Waals surface area contributed by atoms with E-state index >= 15 is 0 Å². The van der Waals surface area contributed by atoms with Gasteiger partial charge < -0.3 is 16.0 Å². The average Bonchev–Trinajstić information content (AvgIpc) is 3.06. The lowest BCUT2D eigenvalue weighted by molar-refractivity contribution is 0.0941. The summed E-state index contributed by atoms with van der Waals surface area (Å²) < 4.78 is 1.49. The van der Waals surface area contributed by atoms with E-state index in [-0.39, 0.29) is 17.8 Å². The number of hydrogen-bond donors (Lipinski definition) is 2. The lowest BCUT2D eigenvalue weighted by Crippen LogP contribution is -2.32. The summed E-state index contributed by atoms with van der Waals surface area (Å²) in [4.78, 5) is 24.5. The number of nitrogens with zero attached hydrogens (tertiary/aromatic N) is 5. The molecule has 8 heteroatoms. The third-order valence-electron chi connectivity index (χ3n) is 5.42. The van der Waals surface area contributed by atoms with E-state index in [0.29, 0.717) is 27.8 Å². The van der Waals surface area contributed by atoms with Crippen molar-refractivity contribution in [2.45, 2.75) is 26.3 Å². The van der Waals surface area contributed by atoms with Crippen molar-refractivity contribution in [2.24, 2.45) is 5.10 Å². The van der Waals surface area contributed by atoms with Gasteiger partial charge in [0.1, 0.15) is 16.9 Å². The molecule has 0 saturated heterocycles. The number of carbonyl (C=O) groups excluding carboxylic acids is 1. The molecule has 0 fully saturated rings. The molecule has 2 heterocycles. The summed E-state index contributed by atoms with van der Waals surface area (Å²) in [6.07, 6.45) is 2.50. The fraction of sp³-hybridized carbons (Fsp3) is 0.250. The Morgan fingerprint density at radius 3 is 2.44 bits per heavy atom. The summed E-state index contributed by atoms with van der Waals surface area (Å²) in [6.45, 7) is 3.96.